The molecule has 1 N–H and O–H groups in total. The third kappa shape index (κ3) is 3.71. The van der Waals surface area contributed by atoms with E-state index in [-0.39, 0.29) is 35.2 Å². The van der Waals surface area contributed by atoms with E-state index < -0.39 is 0 Å². The van der Waals surface area contributed by atoms with Crippen LogP contribution in [0.15, 0.2) is 12.1 Å². The maximum absolute atomic E-state index is 12.9. The normalized spacial score (nSPS) is 21.3. The highest BCUT2D eigenvalue weighted by Gasteiger charge is 2.53. The molecule has 2 aliphatic heterocycles. The van der Waals surface area contributed by atoms with Crippen LogP contribution in [0.1, 0.15) is 30.6 Å². The Morgan fingerprint density at radius 2 is 1.93 bits per heavy atom. The van der Waals surface area contributed by atoms with Crippen LogP contribution in [-0.2, 0) is 4.79 Å². The molecule has 0 radical (unpaired) electrons. The number of nitrogens with one attached hydrogen (secondary N) is 1. The van der Waals surface area contributed by atoms with Crippen LogP contribution in [0.5, 0.6) is 11.8 Å². The van der Waals surface area contributed by atoms with Gasteiger partial charge in [0, 0.05) is 37.2 Å². The molecule has 0 saturated carbocycles. The summed E-state index contributed by atoms with van der Waals surface area (Å²) >= 11 is 0. The van der Waals surface area contributed by atoms with Crippen LogP contribution in [0.2, 0.25) is 0 Å². The lowest BCUT2D eigenvalue weighted by molar-refractivity contribution is -0.125. The van der Waals surface area contributed by atoms with E-state index in [0.717, 1.165) is 13.0 Å². The Kier molecular flexibility index (Phi) is 5.28. The summed E-state index contributed by atoms with van der Waals surface area (Å²) in [5.74, 6) is 0.624. The smallest absolute Gasteiger partial charge is 0.259 e. The molecule has 2 aliphatic rings. The van der Waals surface area contributed by atoms with E-state index in [0.29, 0.717) is 24.5 Å². The number of ether oxygens (including phenoxy) is 2. The molecule has 1 unspecified atom stereocenters. The SMILES string of the molecule is COc1ccc(C(=O)N2CC3(CC(C(=O)NC(C)C)N(C)C3)C2)c(OC)n1. The van der Waals surface area contributed by atoms with E-state index in [9.17, 15) is 9.59 Å². The van der Waals surface area contributed by atoms with Gasteiger partial charge in [-0.05, 0) is 33.4 Å². The van der Waals surface area contributed by atoms with Crippen molar-refractivity contribution in [3.05, 3.63) is 17.7 Å². The number of amides is 2. The van der Waals surface area contributed by atoms with Crippen molar-refractivity contribution in [3.8, 4) is 11.8 Å². The van der Waals surface area contributed by atoms with E-state index in [1.54, 1.807) is 17.0 Å². The minimum atomic E-state index is -0.137. The summed E-state index contributed by atoms with van der Waals surface area (Å²) in [6.45, 7) is 6.00. The minimum absolute atomic E-state index is 0.0173. The molecular weight excluding hydrogens is 348 g/mol. The van der Waals surface area contributed by atoms with Crippen molar-refractivity contribution in [3.63, 3.8) is 0 Å². The predicted octanol–water partition coefficient (Wildman–Crippen LogP) is 0.770. The second kappa shape index (κ2) is 7.34. The molecule has 0 aromatic carbocycles. The van der Waals surface area contributed by atoms with E-state index in [1.807, 2.05) is 20.9 Å². The number of carbonyl (C=O) groups is 2. The molecule has 1 atom stereocenters. The third-order valence-corrected chi connectivity index (χ3v) is 5.28. The molecule has 2 fully saturated rings. The number of rotatable bonds is 5. The minimum Gasteiger partial charge on any atom is -0.481 e. The van der Waals surface area contributed by atoms with Gasteiger partial charge in [-0.1, -0.05) is 0 Å². The van der Waals surface area contributed by atoms with Crippen LogP contribution in [0.4, 0.5) is 0 Å². The lowest BCUT2D eigenvalue weighted by Crippen LogP contribution is -2.59. The molecule has 2 amide bonds. The average molecular weight is 376 g/mol. The molecule has 8 nitrogen and oxygen atoms in total. The molecule has 8 heteroatoms. The second-order valence-electron chi connectivity index (χ2n) is 7.87. The van der Waals surface area contributed by atoms with Crippen molar-refractivity contribution < 1.29 is 19.1 Å². The molecule has 1 spiro atoms. The highest BCUT2D eigenvalue weighted by atomic mass is 16.5. The van der Waals surface area contributed by atoms with Gasteiger partial charge in [-0.25, -0.2) is 0 Å². The first-order valence-electron chi connectivity index (χ1n) is 9.17. The fourth-order valence-electron chi connectivity index (χ4n) is 4.11. The number of likely N-dealkylation sites (tertiary alicyclic amines) is 2. The third-order valence-electron chi connectivity index (χ3n) is 5.28. The molecular formula is C19H28N4O4. The van der Waals surface area contributed by atoms with Crippen molar-refractivity contribution in [1.29, 1.82) is 0 Å². The molecule has 0 bridgehead atoms. The van der Waals surface area contributed by atoms with Crippen LogP contribution in [0.25, 0.3) is 0 Å². The van der Waals surface area contributed by atoms with Gasteiger partial charge in [-0.2, -0.15) is 4.98 Å². The van der Waals surface area contributed by atoms with Gasteiger partial charge >= 0.3 is 0 Å². The van der Waals surface area contributed by atoms with E-state index in [4.69, 9.17) is 9.47 Å². The van der Waals surface area contributed by atoms with E-state index >= 15 is 0 Å². The maximum atomic E-state index is 12.9. The highest BCUT2D eigenvalue weighted by Crippen LogP contribution is 2.43. The molecule has 27 heavy (non-hydrogen) atoms. The Morgan fingerprint density at radius 1 is 1.22 bits per heavy atom. The topological polar surface area (TPSA) is 84.0 Å². The molecule has 0 aliphatic carbocycles. The standard InChI is InChI=1S/C19H28N4O4/c1-12(2)20-16(24)14-8-19(9-22(14)3)10-23(11-19)18(25)13-6-7-15(26-4)21-17(13)27-5/h6-7,12,14H,8-11H2,1-5H3,(H,20,24). The van der Waals surface area contributed by atoms with Gasteiger partial charge in [-0.3, -0.25) is 14.5 Å². The molecule has 148 valence electrons. The number of likely N-dealkylation sites (N-methyl/N-ethyl adjacent to an activating group) is 1. The van der Waals surface area contributed by atoms with Gasteiger partial charge in [0.1, 0.15) is 5.56 Å². The van der Waals surface area contributed by atoms with Gasteiger partial charge in [0.05, 0.1) is 20.3 Å². The molecule has 3 rings (SSSR count). The number of hydrogen-bond donors (Lipinski definition) is 1. The molecule has 2 saturated heterocycles. The van der Waals surface area contributed by atoms with Crippen LogP contribution in [0.3, 0.4) is 0 Å². The Labute approximate surface area is 159 Å². The lowest BCUT2D eigenvalue weighted by Gasteiger charge is -2.48. The summed E-state index contributed by atoms with van der Waals surface area (Å²) < 4.78 is 10.3. The van der Waals surface area contributed by atoms with Crippen molar-refractivity contribution in [2.75, 3.05) is 40.9 Å². The van der Waals surface area contributed by atoms with Crippen molar-refractivity contribution in [2.45, 2.75) is 32.4 Å². The van der Waals surface area contributed by atoms with Crippen LogP contribution < -0.4 is 14.8 Å². The van der Waals surface area contributed by atoms with Crippen LogP contribution >= 0.6 is 0 Å². The summed E-state index contributed by atoms with van der Waals surface area (Å²) in [4.78, 5) is 33.3. The van der Waals surface area contributed by atoms with E-state index in [2.05, 4.69) is 15.2 Å². The van der Waals surface area contributed by atoms with Gasteiger partial charge < -0.3 is 19.7 Å². The summed E-state index contributed by atoms with van der Waals surface area (Å²) in [6, 6.07) is 3.32. The number of aromatic nitrogens is 1. The fourth-order valence-corrected chi connectivity index (χ4v) is 4.11. The second-order valence-corrected chi connectivity index (χ2v) is 7.87. The zero-order valence-electron chi connectivity index (χ0n) is 16.6. The quantitative estimate of drug-likeness (QED) is 0.817. The highest BCUT2D eigenvalue weighted by molar-refractivity contribution is 5.97. The fraction of sp³-hybridized carbons (Fsp3) is 0.632. The molecule has 1 aromatic rings. The average Bonchev–Trinajstić information content (AvgIpc) is 2.96. The molecule has 3 heterocycles. The maximum Gasteiger partial charge on any atom is 0.259 e. The number of carbonyl (C=O) groups excluding carboxylic acids is 2. The number of hydrogen-bond acceptors (Lipinski definition) is 6. The van der Waals surface area contributed by atoms with Crippen molar-refractivity contribution >= 4 is 11.8 Å². The van der Waals surface area contributed by atoms with Gasteiger partial charge in [0.25, 0.3) is 5.91 Å². The van der Waals surface area contributed by atoms with Crippen LogP contribution in [-0.4, -0.2) is 79.6 Å². The van der Waals surface area contributed by atoms with Gasteiger partial charge in [-0.15, -0.1) is 0 Å². The first-order chi connectivity index (χ1) is 12.8. The van der Waals surface area contributed by atoms with Crippen molar-refractivity contribution in [2.24, 2.45) is 5.41 Å². The largest absolute Gasteiger partial charge is 0.481 e. The van der Waals surface area contributed by atoms with E-state index in [1.165, 1.54) is 14.2 Å². The monoisotopic (exact) mass is 376 g/mol. The zero-order chi connectivity index (χ0) is 19.8. The van der Waals surface area contributed by atoms with Crippen molar-refractivity contribution in [1.82, 2.24) is 20.1 Å². The Balaban J connectivity index is 1.65. The Hall–Kier alpha value is -2.35. The number of methoxy groups -OCH3 is 2. The first kappa shape index (κ1) is 19.4. The Bertz CT molecular complexity index is 730. The molecule has 1 aromatic heterocycles. The van der Waals surface area contributed by atoms with Gasteiger partial charge in [0.15, 0.2) is 0 Å². The number of nitrogens with zero attached hydrogens (tertiary/aromatic N) is 3. The zero-order valence-corrected chi connectivity index (χ0v) is 16.6. The lowest BCUT2D eigenvalue weighted by atomic mass is 9.77. The summed E-state index contributed by atoms with van der Waals surface area (Å²) in [5.41, 5.74) is 0.407. The first-order valence-corrected chi connectivity index (χ1v) is 9.17. The van der Waals surface area contributed by atoms with Crippen LogP contribution in [0, 0.1) is 5.41 Å². The number of pyridine rings is 1. The predicted molar refractivity (Wildman–Crippen MR) is 100.0 cm³/mol. The summed E-state index contributed by atoms with van der Waals surface area (Å²) in [6.07, 6.45) is 0.768. The summed E-state index contributed by atoms with van der Waals surface area (Å²) in [5, 5.41) is 2.99. The Morgan fingerprint density at radius 3 is 2.52 bits per heavy atom. The summed E-state index contributed by atoms with van der Waals surface area (Å²) in [7, 11) is 4.98. The van der Waals surface area contributed by atoms with Gasteiger partial charge in [0.2, 0.25) is 17.7 Å².